The van der Waals surface area contributed by atoms with Crippen molar-refractivity contribution >= 4 is 15.9 Å². The molecule has 2 nitrogen and oxygen atoms in total. The third-order valence-electron chi connectivity index (χ3n) is 1.44. The van der Waals surface area contributed by atoms with Crippen LogP contribution < -0.4 is 0 Å². The van der Waals surface area contributed by atoms with Crippen LogP contribution >= 0.6 is 15.9 Å². The number of nitriles is 2. The van der Waals surface area contributed by atoms with Crippen molar-refractivity contribution in [2.24, 2.45) is 0 Å². The van der Waals surface area contributed by atoms with Crippen molar-refractivity contribution < 1.29 is 0 Å². The van der Waals surface area contributed by atoms with Gasteiger partial charge in [-0.1, -0.05) is 15.9 Å². The van der Waals surface area contributed by atoms with Crippen LogP contribution in [0.5, 0.6) is 0 Å². The lowest BCUT2D eigenvalue weighted by atomic mass is 10.1. The Hall–Kier alpha value is -1.32. The largest absolute Gasteiger partial charge is 0.198 e. The summed E-state index contributed by atoms with van der Waals surface area (Å²) >= 11 is 3.30. The molecule has 3 heteroatoms. The lowest BCUT2D eigenvalue weighted by molar-refractivity contribution is 1.24. The van der Waals surface area contributed by atoms with Crippen molar-refractivity contribution in [1.29, 1.82) is 10.5 Å². The van der Waals surface area contributed by atoms with Crippen LogP contribution in [0.25, 0.3) is 0 Å². The van der Waals surface area contributed by atoms with Crippen LogP contribution in [0.2, 0.25) is 0 Å². The predicted octanol–water partition coefficient (Wildman–Crippen LogP) is 2.39. The number of halogens is 1. The molecule has 58 valence electrons. The molecule has 0 amide bonds. The van der Waals surface area contributed by atoms with Crippen molar-refractivity contribution in [2.75, 3.05) is 0 Å². The molecule has 0 atom stereocenters. The molecule has 0 aliphatic rings. The predicted molar refractivity (Wildman–Crippen MR) is 48.2 cm³/mol. The molecule has 0 radical (unpaired) electrons. The molecule has 1 aromatic rings. The van der Waals surface area contributed by atoms with Gasteiger partial charge in [0.25, 0.3) is 0 Å². The van der Waals surface area contributed by atoms with E-state index >= 15 is 0 Å². The van der Waals surface area contributed by atoms with Crippen molar-refractivity contribution in [3.8, 4) is 12.1 Å². The van der Waals surface area contributed by atoms with Gasteiger partial charge in [0, 0.05) is 4.47 Å². The van der Waals surface area contributed by atoms with E-state index in [1.807, 2.05) is 12.1 Å². The maximum atomic E-state index is 8.57. The first-order valence-corrected chi connectivity index (χ1v) is 4.12. The zero-order valence-electron chi connectivity index (χ0n) is 6.21. The van der Waals surface area contributed by atoms with Crippen molar-refractivity contribution in [3.63, 3.8) is 0 Å². The van der Waals surface area contributed by atoms with Gasteiger partial charge in [0.1, 0.15) is 0 Å². The zero-order valence-corrected chi connectivity index (χ0v) is 7.80. The molecule has 0 spiro atoms. The summed E-state index contributed by atoms with van der Waals surface area (Å²) in [7, 11) is 0. The topological polar surface area (TPSA) is 47.6 Å². The highest BCUT2D eigenvalue weighted by Crippen LogP contribution is 2.18. The zero-order chi connectivity index (χ0) is 8.97. The Morgan fingerprint density at radius 3 is 2.67 bits per heavy atom. The second kappa shape index (κ2) is 3.90. The number of hydrogen-bond acceptors (Lipinski definition) is 2. The molecule has 0 fully saturated rings. The summed E-state index contributed by atoms with van der Waals surface area (Å²) in [5, 5.41) is 17.0. The minimum absolute atomic E-state index is 0.329. The quantitative estimate of drug-likeness (QED) is 0.730. The Morgan fingerprint density at radius 1 is 1.33 bits per heavy atom. The molecule has 0 bridgehead atoms. The van der Waals surface area contributed by atoms with Gasteiger partial charge in [-0.05, 0) is 23.8 Å². The number of benzene rings is 1. The molecule has 0 N–H and O–H groups in total. The monoisotopic (exact) mass is 220 g/mol. The first-order chi connectivity index (χ1) is 5.77. The summed E-state index contributed by atoms with van der Waals surface area (Å²) in [5.74, 6) is 0. The maximum absolute atomic E-state index is 8.57. The van der Waals surface area contributed by atoms with Gasteiger partial charge in [-0.2, -0.15) is 10.5 Å². The first-order valence-electron chi connectivity index (χ1n) is 3.33. The summed E-state index contributed by atoms with van der Waals surface area (Å²) in [5.41, 5.74) is 1.44. The fraction of sp³-hybridized carbons (Fsp3) is 0.111. The molecule has 0 heterocycles. The Kier molecular flexibility index (Phi) is 2.85. The normalized spacial score (nSPS) is 8.58. The van der Waals surface area contributed by atoms with Gasteiger partial charge in [0.15, 0.2) is 0 Å². The smallest absolute Gasteiger partial charge is 0.0991 e. The Morgan fingerprint density at radius 2 is 2.08 bits per heavy atom. The van der Waals surface area contributed by atoms with E-state index in [0.717, 1.165) is 10.0 Å². The van der Waals surface area contributed by atoms with Crippen molar-refractivity contribution in [2.45, 2.75) is 6.42 Å². The highest BCUT2D eigenvalue weighted by Gasteiger charge is 1.99. The van der Waals surface area contributed by atoms with Crippen LogP contribution in [-0.4, -0.2) is 0 Å². The molecule has 0 aromatic heterocycles. The van der Waals surface area contributed by atoms with E-state index in [2.05, 4.69) is 15.9 Å². The highest BCUT2D eigenvalue weighted by molar-refractivity contribution is 9.10. The molecule has 1 rings (SSSR count). The molecular weight excluding hydrogens is 216 g/mol. The minimum atomic E-state index is 0.329. The van der Waals surface area contributed by atoms with Crippen molar-refractivity contribution in [1.82, 2.24) is 0 Å². The molecular formula is C9H5BrN2. The Bertz CT molecular complexity index is 371. The highest BCUT2D eigenvalue weighted by atomic mass is 79.9. The van der Waals surface area contributed by atoms with E-state index in [0.29, 0.717) is 12.0 Å². The van der Waals surface area contributed by atoms with E-state index in [1.54, 1.807) is 18.2 Å². The summed E-state index contributed by atoms with van der Waals surface area (Å²) in [4.78, 5) is 0. The standard InChI is InChI=1S/C9H5BrN2/c10-9-2-1-7(6-12)5-8(9)3-4-11/h1-2,5H,3H2. The first kappa shape index (κ1) is 8.77. The van der Waals surface area contributed by atoms with Gasteiger partial charge in [-0.25, -0.2) is 0 Å². The molecule has 1 aromatic carbocycles. The lowest BCUT2D eigenvalue weighted by Gasteiger charge is -1.98. The number of hydrogen-bond donors (Lipinski definition) is 0. The molecule has 0 aliphatic heterocycles. The SMILES string of the molecule is N#CCc1cc(C#N)ccc1Br. The van der Waals surface area contributed by atoms with E-state index < -0.39 is 0 Å². The Balaban J connectivity index is 3.12. The number of nitrogens with zero attached hydrogens (tertiary/aromatic N) is 2. The maximum Gasteiger partial charge on any atom is 0.0991 e. The fourth-order valence-corrected chi connectivity index (χ4v) is 1.25. The summed E-state index contributed by atoms with van der Waals surface area (Å²) < 4.78 is 0.878. The van der Waals surface area contributed by atoms with Crippen LogP contribution in [0, 0.1) is 22.7 Å². The molecule has 0 aliphatic carbocycles. The summed E-state index contributed by atoms with van der Waals surface area (Å²) in [6, 6.07) is 9.27. The van der Waals surface area contributed by atoms with E-state index in [4.69, 9.17) is 10.5 Å². The van der Waals surface area contributed by atoms with Gasteiger partial charge in [0.2, 0.25) is 0 Å². The van der Waals surface area contributed by atoms with Crippen LogP contribution in [0.4, 0.5) is 0 Å². The average molecular weight is 221 g/mol. The van der Waals surface area contributed by atoms with E-state index in [-0.39, 0.29) is 0 Å². The molecule has 12 heavy (non-hydrogen) atoms. The fourth-order valence-electron chi connectivity index (χ4n) is 0.865. The number of rotatable bonds is 1. The van der Waals surface area contributed by atoms with Crippen LogP contribution in [0.3, 0.4) is 0 Å². The second-order valence-electron chi connectivity index (χ2n) is 2.25. The van der Waals surface area contributed by atoms with E-state index in [9.17, 15) is 0 Å². The van der Waals surface area contributed by atoms with Gasteiger partial charge in [0.05, 0.1) is 24.1 Å². The van der Waals surface area contributed by atoms with Crippen molar-refractivity contribution in [3.05, 3.63) is 33.8 Å². The third kappa shape index (κ3) is 1.84. The molecule has 0 saturated heterocycles. The molecule has 0 saturated carbocycles. The van der Waals surface area contributed by atoms with Gasteiger partial charge < -0.3 is 0 Å². The third-order valence-corrected chi connectivity index (χ3v) is 2.22. The molecule has 0 unspecified atom stereocenters. The van der Waals surface area contributed by atoms with Crippen LogP contribution in [0.15, 0.2) is 22.7 Å². The average Bonchev–Trinajstić information content (AvgIpc) is 2.09. The lowest BCUT2D eigenvalue weighted by Crippen LogP contribution is -1.85. The van der Waals surface area contributed by atoms with Crippen LogP contribution in [-0.2, 0) is 6.42 Å². The van der Waals surface area contributed by atoms with Crippen LogP contribution in [0.1, 0.15) is 11.1 Å². The van der Waals surface area contributed by atoms with Gasteiger partial charge in [-0.3, -0.25) is 0 Å². The summed E-state index contributed by atoms with van der Waals surface area (Å²) in [6.07, 6.45) is 0.329. The van der Waals surface area contributed by atoms with E-state index in [1.165, 1.54) is 0 Å². The second-order valence-corrected chi connectivity index (χ2v) is 3.11. The van der Waals surface area contributed by atoms with Gasteiger partial charge >= 0.3 is 0 Å². The van der Waals surface area contributed by atoms with Gasteiger partial charge in [-0.15, -0.1) is 0 Å². The Labute approximate surface area is 79.2 Å². The summed E-state index contributed by atoms with van der Waals surface area (Å²) in [6.45, 7) is 0. The minimum Gasteiger partial charge on any atom is -0.198 e.